The Kier molecular flexibility index (Phi) is 5.21. The third-order valence-electron chi connectivity index (χ3n) is 2.51. The first kappa shape index (κ1) is 13.8. The molecule has 0 spiro atoms. The summed E-state index contributed by atoms with van der Waals surface area (Å²) in [6.45, 7) is 7.03. The summed E-state index contributed by atoms with van der Waals surface area (Å²) in [5.41, 5.74) is 6.60. The van der Waals surface area contributed by atoms with E-state index in [2.05, 4.69) is 41.2 Å². The van der Waals surface area contributed by atoms with Gasteiger partial charge in [-0.25, -0.2) is 4.98 Å². The normalized spacial score (nSPS) is 12.1. The quantitative estimate of drug-likeness (QED) is 0.353. The van der Waals surface area contributed by atoms with Gasteiger partial charge in [-0.1, -0.05) is 12.1 Å². The molecule has 0 bridgehead atoms. The standard InChI is InChI=1S/C11H20N4OS/c1-4-9-7-17-11(13-9)15(8(2)3)6-5-10(12)14-16/h7-8,16H,4-6H2,1-3H3,(H2,12,14). The van der Waals surface area contributed by atoms with Crippen molar-refractivity contribution < 1.29 is 5.21 Å². The Hall–Kier alpha value is -1.30. The number of anilines is 1. The zero-order valence-electron chi connectivity index (χ0n) is 10.6. The number of aromatic nitrogens is 1. The van der Waals surface area contributed by atoms with Gasteiger partial charge >= 0.3 is 0 Å². The molecule has 1 aromatic heterocycles. The molecule has 96 valence electrons. The van der Waals surface area contributed by atoms with E-state index in [1.807, 2.05) is 0 Å². The van der Waals surface area contributed by atoms with Gasteiger partial charge in [-0.2, -0.15) is 0 Å². The molecule has 3 N–H and O–H groups in total. The average Bonchev–Trinajstić information content (AvgIpc) is 2.77. The van der Waals surface area contributed by atoms with Gasteiger partial charge in [0.2, 0.25) is 0 Å². The molecule has 0 aliphatic carbocycles. The fourth-order valence-corrected chi connectivity index (χ4v) is 2.52. The Morgan fingerprint density at radius 3 is 2.82 bits per heavy atom. The van der Waals surface area contributed by atoms with E-state index in [0.717, 1.165) is 17.2 Å². The van der Waals surface area contributed by atoms with Gasteiger partial charge in [0, 0.05) is 24.4 Å². The van der Waals surface area contributed by atoms with Crippen molar-refractivity contribution in [1.82, 2.24) is 4.98 Å². The first-order chi connectivity index (χ1) is 8.08. The Morgan fingerprint density at radius 2 is 2.35 bits per heavy atom. The first-order valence-corrected chi connectivity index (χ1v) is 6.63. The summed E-state index contributed by atoms with van der Waals surface area (Å²) in [5, 5.41) is 14.6. The number of oxime groups is 1. The van der Waals surface area contributed by atoms with Crippen LogP contribution in [0.2, 0.25) is 0 Å². The van der Waals surface area contributed by atoms with Crippen molar-refractivity contribution in [3.63, 3.8) is 0 Å². The third kappa shape index (κ3) is 3.89. The van der Waals surface area contributed by atoms with E-state index in [1.54, 1.807) is 11.3 Å². The van der Waals surface area contributed by atoms with Gasteiger partial charge in [-0.15, -0.1) is 11.3 Å². The van der Waals surface area contributed by atoms with Crippen LogP contribution in [0.4, 0.5) is 5.13 Å². The monoisotopic (exact) mass is 256 g/mol. The van der Waals surface area contributed by atoms with Gasteiger partial charge in [-0.3, -0.25) is 0 Å². The summed E-state index contributed by atoms with van der Waals surface area (Å²) in [6, 6.07) is 0.345. The van der Waals surface area contributed by atoms with Gasteiger partial charge < -0.3 is 15.8 Å². The van der Waals surface area contributed by atoms with Crippen LogP contribution in [-0.2, 0) is 6.42 Å². The van der Waals surface area contributed by atoms with Gasteiger partial charge in [0.25, 0.3) is 0 Å². The highest BCUT2D eigenvalue weighted by atomic mass is 32.1. The summed E-state index contributed by atoms with van der Waals surface area (Å²) in [6.07, 6.45) is 1.48. The molecule has 0 amide bonds. The van der Waals surface area contributed by atoms with Gasteiger partial charge in [0.1, 0.15) is 5.84 Å². The van der Waals surface area contributed by atoms with Gasteiger partial charge in [0.15, 0.2) is 5.13 Å². The Labute approximate surface area is 106 Å². The highest BCUT2D eigenvalue weighted by molar-refractivity contribution is 7.13. The van der Waals surface area contributed by atoms with E-state index in [-0.39, 0.29) is 5.84 Å². The molecule has 0 aliphatic rings. The molecule has 0 atom stereocenters. The van der Waals surface area contributed by atoms with Crippen LogP contribution in [-0.4, -0.2) is 28.6 Å². The van der Waals surface area contributed by atoms with Crippen molar-refractivity contribution in [3.05, 3.63) is 11.1 Å². The maximum Gasteiger partial charge on any atom is 0.185 e. The van der Waals surface area contributed by atoms with E-state index in [1.165, 1.54) is 0 Å². The van der Waals surface area contributed by atoms with Crippen LogP contribution in [0.5, 0.6) is 0 Å². The van der Waals surface area contributed by atoms with Crippen molar-refractivity contribution in [2.24, 2.45) is 10.9 Å². The summed E-state index contributed by atoms with van der Waals surface area (Å²) < 4.78 is 0. The Morgan fingerprint density at radius 1 is 1.65 bits per heavy atom. The number of aryl methyl sites for hydroxylation is 1. The number of hydrogen-bond donors (Lipinski definition) is 2. The highest BCUT2D eigenvalue weighted by Crippen LogP contribution is 2.23. The number of amidine groups is 1. The largest absolute Gasteiger partial charge is 0.409 e. The van der Waals surface area contributed by atoms with E-state index in [0.29, 0.717) is 19.0 Å². The molecule has 0 radical (unpaired) electrons. The molecule has 6 heteroatoms. The molecule has 1 rings (SSSR count). The predicted molar refractivity (Wildman–Crippen MR) is 72.0 cm³/mol. The van der Waals surface area contributed by atoms with Crippen LogP contribution >= 0.6 is 11.3 Å². The van der Waals surface area contributed by atoms with Crippen LogP contribution in [0, 0.1) is 0 Å². The smallest absolute Gasteiger partial charge is 0.185 e. The van der Waals surface area contributed by atoms with Crippen molar-refractivity contribution in [1.29, 1.82) is 0 Å². The van der Waals surface area contributed by atoms with Crippen LogP contribution in [0.15, 0.2) is 10.5 Å². The third-order valence-corrected chi connectivity index (χ3v) is 3.43. The summed E-state index contributed by atoms with van der Waals surface area (Å²) in [7, 11) is 0. The first-order valence-electron chi connectivity index (χ1n) is 5.75. The van der Waals surface area contributed by atoms with Crippen LogP contribution < -0.4 is 10.6 Å². The molecule has 0 unspecified atom stereocenters. The number of thiazole rings is 1. The molecule has 0 saturated heterocycles. The minimum atomic E-state index is 0.253. The molecule has 0 aromatic carbocycles. The van der Waals surface area contributed by atoms with Crippen molar-refractivity contribution in [2.75, 3.05) is 11.4 Å². The second kappa shape index (κ2) is 6.44. The molecular weight excluding hydrogens is 236 g/mol. The molecule has 1 aromatic rings. The summed E-state index contributed by atoms with van der Waals surface area (Å²) >= 11 is 1.64. The molecule has 1 heterocycles. The van der Waals surface area contributed by atoms with Gasteiger partial charge in [0.05, 0.1) is 5.69 Å². The van der Waals surface area contributed by atoms with E-state index < -0.39 is 0 Å². The molecule has 0 aliphatic heterocycles. The average molecular weight is 256 g/mol. The van der Waals surface area contributed by atoms with Crippen molar-refractivity contribution in [3.8, 4) is 0 Å². The summed E-state index contributed by atoms with van der Waals surface area (Å²) in [5.74, 6) is 0.253. The zero-order chi connectivity index (χ0) is 12.8. The number of nitrogens with zero attached hydrogens (tertiary/aromatic N) is 3. The lowest BCUT2D eigenvalue weighted by atomic mass is 10.3. The number of rotatable bonds is 6. The molecule has 17 heavy (non-hydrogen) atoms. The number of hydrogen-bond acceptors (Lipinski definition) is 5. The van der Waals surface area contributed by atoms with E-state index in [4.69, 9.17) is 10.9 Å². The van der Waals surface area contributed by atoms with Gasteiger partial charge in [-0.05, 0) is 20.3 Å². The second-order valence-electron chi connectivity index (χ2n) is 4.10. The molecule has 5 nitrogen and oxygen atoms in total. The minimum Gasteiger partial charge on any atom is -0.409 e. The predicted octanol–water partition coefficient (Wildman–Crippen LogP) is 2.06. The fourth-order valence-electron chi connectivity index (χ4n) is 1.45. The maximum absolute atomic E-state index is 8.53. The SMILES string of the molecule is CCc1csc(N(CCC(N)=NO)C(C)C)n1. The maximum atomic E-state index is 8.53. The fraction of sp³-hybridized carbons (Fsp3) is 0.636. The van der Waals surface area contributed by atoms with Crippen LogP contribution in [0.25, 0.3) is 0 Å². The lowest BCUT2D eigenvalue weighted by Gasteiger charge is -2.25. The Balaban J connectivity index is 2.72. The summed E-state index contributed by atoms with van der Waals surface area (Å²) in [4.78, 5) is 6.72. The molecule has 0 fully saturated rings. The highest BCUT2D eigenvalue weighted by Gasteiger charge is 2.14. The van der Waals surface area contributed by atoms with E-state index in [9.17, 15) is 0 Å². The topological polar surface area (TPSA) is 74.7 Å². The van der Waals surface area contributed by atoms with Crippen LogP contribution in [0.1, 0.15) is 32.9 Å². The minimum absolute atomic E-state index is 0.253. The number of nitrogens with two attached hydrogens (primary N) is 1. The second-order valence-corrected chi connectivity index (χ2v) is 4.94. The van der Waals surface area contributed by atoms with Crippen LogP contribution in [0.3, 0.4) is 0 Å². The molecule has 0 saturated carbocycles. The molecular formula is C11H20N4OS. The Bertz CT molecular complexity index is 375. The zero-order valence-corrected chi connectivity index (χ0v) is 11.4. The lowest BCUT2D eigenvalue weighted by Crippen LogP contribution is -2.34. The van der Waals surface area contributed by atoms with Crippen molar-refractivity contribution >= 4 is 22.3 Å². The van der Waals surface area contributed by atoms with E-state index >= 15 is 0 Å². The lowest BCUT2D eigenvalue weighted by molar-refractivity contribution is 0.317. The van der Waals surface area contributed by atoms with Crippen molar-refractivity contribution in [2.45, 2.75) is 39.7 Å².